The Morgan fingerprint density at radius 3 is 2.68 bits per heavy atom. The van der Waals surface area contributed by atoms with Gasteiger partial charge in [-0.2, -0.15) is 9.40 Å². The monoisotopic (exact) mass is 411 g/mol. The Labute approximate surface area is 166 Å². The zero-order valence-corrected chi connectivity index (χ0v) is 17.3. The molecule has 2 amide bonds. The first-order chi connectivity index (χ1) is 13.3. The van der Waals surface area contributed by atoms with Crippen LogP contribution in [0.3, 0.4) is 0 Å². The first kappa shape index (κ1) is 20.8. The molecule has 2 atom stereocenters. The van der Waals surface area contributed by atoms with Gasteiger partial charge in [0.1, 0.15) is 5.69 Å². The lowest BCUT2D eigenvalue weighted by Gasteiger charge is -2.39. The van der Waals surface area contributed by atoms with Gasteiger partial charge in [-0.1, -0.05) is 12.8 Å². The van der Waals surface area contributed by atoms with E-state index in [0.29, 0.717) is 38.2 Å². The number of rotatable bonds is 3. The molecule has 1 saturated carbocycles. The molecule has 1 aliphatic carbocycles. The quantitative estimate of drug-likeness (QED) is 0.770. The summed E-state index contributed by atoms with van der Waals surface area (Å²) in [7, 11) is -3.51. The Morgan fingerprint density at radius 1 is 1.25 bits per heavy atom. The fourth-order valence-electron chi connectivity index (χ4n) is 4.13. The minimum atomic E-state index is -3.51. The number of carbonyl (C=O) groups is 2. The number of nitrogens with one attached hydrogen (secondary N) is 1. The number of hydrogen-bond acceptors (Lipinski definition) is 5. The largest absolute Gasteiger partial charge is 0.354 e. The molecule has 1 aromatic heterocycles. The lowest BCUT2D eigenvalue weighted by Crippen LogP contribution is -2.55. The molecule has 0 aromatic carbocycles. The zero-order chi connectivity index (χ0) is 20.3. The Hall–Kier alpha value is -1.94. The van der Waals surface area contributed by atoms with Gasteiger partial charge >= 0.3 is 0 Å². The fraction of sp³-hybridized carbons (Fsp3) is 0.722. The fourth-order valence-corrected chi connectivity index (χ4v) is 5.29. The van der Waals surface area contributed by atoms with Crippen molar-refractivity contribution in [1.82, 2.24) is 24.3 Å². The average Bonchev–Trinajstić information content (AvgIpc) is 3.14. The summed E-state index contributed by atoms with van der Waals surface area (Å²) in [5, 5.41) is 7.15. The van der Waals surface area contributed by atoms with E-state index >= 15 is 0 Å². The second-order valence-corrected chi connectivity index (χ2v) is 9.41. The molecule has 1 aliphatic heterocycles. The van der Waals surface area contributed by atoms with Crippen LogP contribution in [0.2, 0.25) is 0 Å². The predicted molar refractivity (Wildman–Crippen MR) is 104 cm³/mol. The van der Waals surface area contributed by atoms with E-state index in [2.05, 4.69) is 10.4 Å². The van der Waals surface area contributed by atoms with E-state index in [4.69, 9.17) is 0 Å². The number of amides is 2. The van der Waals surface area contributed by atoms with Gasteiger partial charge in [-0.3, -0.25) is 14.3 Å². The summed E-state index contributed by atoms with van der Waals surface area (Å²) in [5.41, 5.74) is 0.326. The van der Waals surface area contributed by atoms with Crippen molar-refractivity contribution in [2.75, 3.05) is 32.4 Å². The maximum Gasteiger partial charge on any atom is 0.274 e. The van der Waals surface area contributed by atoms with Crippen molar-refractivity contribution in [3.8, 4) is 0 Å². The molecule has 3 rings (SSSR count). The van der Waals surface area contributed by atoms with E-state index in [1.165, 1.54) is 10.6 Å². The lowest BCUT2D eigenvalue weighted by atomic mass is 9.83. The van der Waals surface area contributed by atoms with Crippen LogP contribution in [0.25, 0.3) is 0 Å². The number of aromatic nitrogens is 2. The van der Waals surface area contributed by atoms with Crippen LogP contribution in [0.4, 0.5) is 0 Å². The molecule has 156 valence electrons. The minimum Gasteiger partial charge on any atom is -0.354 e. The summed E-state index contributed by atoms with van der Waals surface area (Å²) in [6, 6.07) is 1.31. The van der Waals surface area contributed by atoms with Gasteiger partial charge in [0, 0.05) is 45.0 Å². The predicted octanol–water partition coefficient (Wildman–Crippen LogP) is 0.295. The highest BCUT2D eigenvalue weighted by Gasteiger charge is 2.39. The summed E-state index contributed by atoms with van der Waals surface area (Å²) in [6.45, 7) is 3.72. The maximum atomic E-state index is 12.9. The second kappa shape index (κ2) is 8.60. The molecule has 1 N–H and O–H groups in total. The molecular weight excluding hydrogens is 382 g/mol. The maximum absolute atomic E-state index is 12.9. The number of sulfonamides is 1. The van der Waals surface area contributed by atoms with E-state index < -0.39 is 10.0 Å². The summed E-state index contributed by atoms with van der Waals surface area (Å²) >= 11 is 0. The smallest absolute Gasteiger partial charge is 0.274 e. The summed E-state index contributed by atoms with van der Waals surface area (Å²) in [6.07, 6.45) is 6.11. The molecule has 2 aliphatic rings. The van der Waals surface area contributed by atoms with Crippen LogP contribution in [0.15, 0.2) is 12.3 Å². The molecule has 0 spiro atoms. The average molecular weight is 412 g/mol. The summed E-state index contributed by atoms with van der Waals surface area (Å²) in [4.78, 5) is 27.1. The topological polar surface area (TPSA) is 105 Å². The zero-order valence-electron chi connectivity index (χ0n) is 16.5. The molecule has 0 bridgehead atoms. The van der Waals surface area contributed by atoms with Crippen molar-refractivity contribution >= 4 is 21.8 Å². The van der Waals surface area contributed by atoms with Gasteiger partial charge in [-0.25, -0.2) is 8.42 Å². The first-order valence-corrected chi connectivity index (χ1v) is 11.7. The molecule has 10 heteroatoms. The SMILES string of the molecule is CCn1ccc(C(=O)N2CCNC(=O)C3CCCCC3N(S(C)(=O)=O)CC2)n1. The van der Waals surface area contributed by atoms with E-state index in [1.807, 2.05) is 6.92 Å². The van der Waals surface area contributed by atoms with Crippen molar-refractivity contribution < 1.29 is 18.0 Å². The molecule has 1 saturated heterocycles. The van der Waals surface area contributed by atoms with Crippen molar-refractivity contribution in [3.05, 3.63) is 18.0 Å². The van der Waals surface area contributed by atoms with Gasteiger partial charge in [-0.15, -0.1) is 0 Å². The standard InChI is InChI=1S/C18H29N5O4S/c1-3-22-10-8-15(20-22)18(25)21-11-9-19-17(24)14-6-4-5-7-16(14)23(13-12-21)28(2,26)27/h8,10,14,16H,3-7,9,11-13H2,1-2H3,(H,19,24). The highest BCUT2D eigenvalue weighted by molar-refractivity contribution is 7.88. The van der Waals surface area contributed by atoms with Crippen molar-refractivity contribution in [2.24, 2.45) is 5.92 Å². The number of nitrogens with zero attached hydrogens (tertiary/aromatic N) is 4. The van der Waals surface area contributed by atoms with Crippen molar-refractivity contribution in [3.63, 3.8) is 0 Å². The van der Waals surface area contributed by atoms with Gasteiger partial charge in [0.15, 0.2) is 0 Å². The Kier molecular flexibility index (Phi) is 6.39. The highest BCUT2D eigenvalue weighted by atomic mass is 32.2. The van der Waals surface area contributed by atoms with Crippen LogP contribution in [0.1, 0.15) is 43.1 Å². The van der Waals surface area contributed by atoms with E-state index in [-0.39, 0.29) is 36.9 Å². The second-order valence-electron chi connectivity index (χ2n) is 7.47. The lowest BCUT2D eigenvalue weighted by molar-refractivity contribution is -0.127. The van der Waals surface area contributed by atoms with Crippen LogP contribution in [-0.4, -0.2) is 77.7 Å². The van der Waals surface area contributed by atoms with Crippen LogP contribution < -0.4 is 5.32 Å². The summed E-state index contributed by atoms with van der Waals surface area (Å²) < 4.78 is 28.0. The number of fused-ring (bicyclic) bond motifs is 1. The van der Waals surface area contributed by atoms with Gasteiger partial charge in [0.25, 0.3) is 5.91 Å². The molecule has 2 unspecified atom stereocenters. The third kappa shape index (κ3) is 4.54. The van der Waals surface area contributed by atoms with Crippen molar-refractivity contribution in [2.45, 2.75) is 45.2 Å². The van der Waals surface area contributed by atoms with E-state index in [0.717, 1.165) is 12.8 Å². The Balaban J connectivity index is 1.84. The van der Waals surface area contributed by atoms with Crippen LogP contribution in [0.5, 0.6) is 0 Å². The minimum absolute atomic E-state index is 0.122. The molecule has 2 fully saturated rings. The first-order valence-electron chi connectivity index (χ1n) is 9.88. The van der Waals surface area contributed by atoms with Crippen LogP contribution in [0, 0.1) is 5.92 Å². The summed E-state index contributed by atoms with van der Waals surface area (Å²) in [5.74, 6) is -0.704. The highest BCUT2D eigenvalue weighted by Crippen LogP contribution is 2.30. The third-order valence-corrected chi connectivity index (χ3v) is 6.91. The van der Waals surface area contributed by atoms with Gasteiger partial charge in [0.2, 0.25) is 15.9 Å². The van der Waals surface area contributed by atoms with Gasteiger partial charge < -0.3 is 10.2 Å². The van der Waals surface area contributed by atoms with Crippen LogP contribution >= 0.6 is 0 Å². The Bertz CT molecular complexity index is 822. The number of carbonyl (C=O) groups excluding carboxylic acids is 2. The van der Waals surface area contributed by atoms with Gasteiger partial charge in [-0.05, 0) is 25.8 Å². The van der Waals surface area contributed by atoms with Crippen molar-refractivity contribution in [1.29, 1.82) is 0 Å². The molecule has 0 radical (unpaired) electrons. The van der Waals surface area contributed by atoms with Crippen LogP contribution in [-0.2, 0) is 21.4 Å². The number of aryl methyl sites for hydroxylation is 1. The molecule has 9 nitrogen and oxygen atoms in total. The molecule has 1 aromatic rings. The normalized spacial score (nSPS) is 25.1. The van der Waals surface area contributed by atoms with E-state index in [1.54, 1.807) is 21.8 Å². The molecule has 28 heavy (non-hydrogen) atoms. The third-order valence-electron chi connectivity index (χ3n) is 5.60. The number of hydrogen-bond donors (Lipinski definition) is 1. The molecule has 2 heterocycles. The Morgan fingerprint density at radius 2 is 2.00 bits per heavy atom. The van der Waals surface area contributed by atoms with Gasteiger partial charge in [0.05, 0.1) is 12.2 Å². The molecular formula is C18H29N5O4S. The van der Waals surface area contributed by atoms with E-state index in [9.17, 15) is 18.0 Å².